The Kier molecular flexibility index (Phi) is 4.40. The molecule has 0 unspecified atom stereocenters. The zero-order valence-electron chi connectivity index (χ0n) is 9.86. The lowest BCUT2D eigenvalue weighted by molar-refractivity contribution is -0.128. The Balaban J connectivity index is 2.60. The van der Waals surface area contributed by atoms with Crippen LogP contribution in [-0.4, -0.2) is 29.5 Å². The lowest BCUT2D eigenvalue weighted by Crippen LogP contribution is -2.24. The van der Waals surface area contributed by atoms with Gasteiger partial charge in [-0.3, -0.25) is 4.79 Å². The number of rotatable bonds is 5. The molecule has 0 saturated heterocycles. The van der Waals surface area contributed by atoms with Gasteiger partial charge >= 0.3 is 0 Å². The van der Waals surface area contributed by atoms with Crippen molar-refractivity contribution in [2.75, 3.05) is 14.1 Å². The van der Waals surface area contributed by atoms with Crippen LogP contribution in [0.3, 0.4) is 0 Å². The maximum Gasteiger partial charge on any atom is 0.227 e. The molecule has 0 saturated carbocycles. The minimum absolute atomic E-state index is 0.159. The van der Waals surface area contributed by atoms with Gasteiger partial charge in [0.2, 0.25) is 5.91 Å². The number of hydrogen-bond donors (Lipinski definition) is 0. The van der Waals surface area contributed by atoms with E-state index < -0.39 is 0 Å². The SMILES string of the molecule is CCCCn1cccc1CC(=O)N(C)C. The Hall–Kier alpha value is -1.25. The first-order chi connectivity index (χ1) is 7.15. The molecular weight excluding hydrogens is 188 g/mol. The Labute approximate surface area is 91.7 Å². The van der Waals surface area contributed by atoms with Crippen LogP contribution in [0.4, 0.5) is 0 Å². The maximum atomic E-state index is 11.5. The lowest BCUT2D eigenvalue weighted by atomic mass is 10.2. The van der Waals surface area contributed by atoms with Crippen molar-refractivity contribution in [3.63, 3.8) is 0 Å². The molecule has 0 fully saturated rings. The molecular formula is C12H20N2O. The van der Waals surface area contributed by atoms with Crippen LogP contribution in [0.15, 0.2) is 18.3 Å². The summed E-state index contributed by atoms with van der Waals surface area (Å²) in [6.45, 7) is 3.19. The number of unbranched alkanes of at least 4 members (excludes halogenated alkanes) is 1. The molecule has 0 radical (unpaired) electrons. The Morgan fingerprint density at radius 1 is 1.47 bits per heavy atom. The topological polar surface area (TPSA) is 25.2 Å². The van der Waals surface area contributed by atoms with Crippen molar-refractivity contribution < 1.29 is 4.79 Å². The number of carbonyl (C=O) groups excluding carboxylic acids is 1. The predicted molar refractivity (Wildman–Crippen MR) is 61.7 cm³/mol. The van der Waals surface area contributed by atoms with Crippen LogP contribution in [0.1, 0.15) is 25.5 Å². The number of carbonyl (C=O) groups is 1. The third-order valence-corrected chi connectivity index (χ3v) is 2.51. The normalized spacial score (nSPS) is 10.3. The first-order valence-electron chi connectivity index (χ1n) is 5.49. The second-order valence-electron chi connectivity index (χ2n) is 4.01. The van der Waals surface area contributed by atoms with Crippen LogP contribution in [0.5, 0.6) is 0 Å². The molecule has 0 atom stereocenters. The highest BCUT2D eigenvalue weighted by Crippen LogP contribution is 2.06. The molecule has 0 aliphatic carbocycles. The molecule has 15 heavy (non-hydrogen) atoms. The summed E-state index contributed by atoms with van der Waals surface area (Å²) in [5.41, 5.74) is 1.11. The van der Waals surface area contributed by atoms with E-state index in [9.17, 15) is 4.79 Å². The van der Waals surface area contributed by atoms with Gasteiger partial charge in [-0.15, -0.1) is 0 Å². The molecule has 0 aromatic carbocycles. The van der Waals surface area contributed by atoms with Gasteiger partial charge in [-0.25, -0.2) is 0 Å². The van der Waals surface area contributed by atoms with Crippen LogP contribution >= 0.6 is 0 Å². The zero-order valence-corrected chi connectivity index (χ0v) is 9.86. The van der Waals surface area contributed by atoms with E-state index in [0.717, 1.165) is 18.7 Å². The number of hydrogen-bond acceptors (Lipinski definition) is 1. The van der Waals surface area contributed by atoms with E-state index in [-0.39, 0.29) is 5.91 Å². The Bertz CT molecular complexity index is 315. The van der Waals surface area contributed by atoms with E-state index in [0.29, 0.717) is 6.42 Å². The molecule has 84 valence electrons. The Morgan fingerprint density at radius 3 is 2.80 bits per heavy atom. The van der Waals surface area contributed by atoms with Gasteiger partial charge in [0.25, 0.3) is 0 Å². The van der Waals surface area contributed by atoms with Crippen molar-refractivity contribution >= 4 is 5.91 Å². The highest BCUT2D eigenvalue weighted by atomic mass is 16.2. The number of nitrogens with zero attached hydrogens (tertiary/aromatic N) is 2. The van der Waals surface area contributed by atoms with Crippen molar-refractivity contribution in [2.24, 2.45) is 0 Å². The molecule has 1 aromatic rings. The van der Waals surface area contributed by atoms with Crippen LogP contribution < -0.4 is 0 Å². The molecule has 0 spiro atoms. The third kappa shape index (κ3) is 3.42. The van der Waals surface area contributed by atoms with Gasteiger partial charge in [-0.2, -0.15) is 0 Å². The van der Waals surface area contributed by atoms with E-state index in [4.69, 9.17) is 0 Å². The molecule has 0 aliphatic rings. The summed E-state index contributed by atoms with van der Waals surface area (Å²) in [5, 5.41) is 0. The van der Waals surface area contributed by atoms with Crippen LogP contribution in [0.25, 0.3) is 0 Å². The fraction of sp³-hybridized carbons (Fsp3) is 0.583. The molecule has 1 aromatic heterocycles. The molecule has 1 rings (SSSR count). The highest BCUT2D eigenvalue weighted by molar-refractivity contribution is 5.77. The monoisotopic (exact) mass is 208 g/mol. The summed E-state index contributed by atoms with van der Waals surface area (Å²) >= 11 is 0. The number of aryl methyl sites for hydroxylation is 1. The standard InChI is InChI=1S/C12H20N2O/c1-4-5-8-14-9-6-7-11(14)10-12(15)13(2)3/h6-7,9H,4-5,8,10H2,1-3H3. The average Bonchev–Trinajstić information content (AvgIpc) is 2.62. The fourth-order valence-electron chi connectivity index (χ4n) is 1.47. The van der Waals surface area contributed by atoms with E-state index in [2.05, 4.69) is 11.5 Å². The predicted octanol–water partition coefficient (Wildman–Crippen LogP) is 1.92. The van der Waals surface area contributed by atoms with Gasteiger partial charge < -0.3 is 9.47 Å². The number of likely N-dealkylation sites (N-methyl/N-ethyl adjacent to an activating group) is 1. The fourth-order valence-corrected chi connectivity index (χ4v) is 1.47. The summed E-state index contributed by atoms with van der Waals surface area (Å²) in [7, 11) is 3.59. The van der Waals surface area contributed by atoms with Crippen molar-refractivity contribution in [1.29, 1.82) is 0 Å². The summed E-state index contributed by atoms with van der Waals surface area (Å²) in [5.74, 6) is 0.159. The smallest absolute Gasteiger partial charge is 0.227 e. The van der Waals surface area contributed by atoms with Gasteiger partial charge in [-0.05, 0) is 18.6 Å². The van der Waals surface area contributed by atoms with E-state index in [1.54, 1.807) is 19.0 Å². The molecule has 1 amide bonds. The van der Waals surface area contributed by atoms with Gasteiger partial charge in [0.15, 0.2) is 0 Å². The maximum absolute atomic E-state index is 11.5. The van der Waals surface area contributed by atoms with Gasteiger partial charge in [0, 0.05) is 32.5 Å². The molecule has 3 heteroatoms. The quantitative estimate of drug-likeness (QED) is 0.725. The minimum atomic E-state index is 0.159. The molecule has 0 bridgehead atoms. The largest absolute Gasteiger partial charge is 0.351 e. The van der Waals surface area contributed by atoms with Gasteiger partial charge in [0.1, 0.15) is 0 Å². The summed E-state index contributed by atoms with van der Waals surface area (Å²) in [4.78, 5) is 13.2. The summed E-state index contributed by atoms with van der Waals surface area (Å²) < 4.78 is 2.17. The zero-order chi connectivity index (χ0) is 11.3. The third-order valence-electron chi connectivity index (χ3n) is 2.51. The number of aromatic nitrogens is 1. The summed E-state index contributed by atoms with van der Waals surface area (Å²) in [6, 6.07) is 4.03. The van der Waals surface area contributed by atoms with Crippen LogP contribution in [-0.2, 0) is 17.8 Å². The van der Waals surface area contributed by atoms with Crippen molar-refractivity contribution in [3.8, 4) is 0 Å². The molecule has 3 nitrogen and oxygen atoms in total. The number of amides is 1. The van der Waals surface area contributed by atoms with E-state index in [1.807, 2.05) is 18.3 Å². The minimum Gasteiger partial charge on any atom is -0.351 e. The second kappa shape index (κ2) is 5.59. The molecule has 1 heterocycles. The van der Waals surface area contributed by atoms with Gasteiger partial charge in [0.05, 0.1) is 6.42 Å². The molecule has 0 aliphatic heterocycles. The van der Waals surface area contributed by atoms with E-state index >= 15 is 0 Å². The van der Waals surface area contributed by atoms with Crippen LogP contribution in [0.2, 0.25) is 0 Å². The van der Waals surface area contributed by atoms with Crippen molar-refractivity contribution in [2.45, 2.75) is 32.7 Å². The summed E-state index contributed by atoms with van der Waals surface area (Å²) in [6.07, 6.45) is 4.90. The molecule has 0 N–H and O–H groups in total. The Morgan fingerprint density at radius 2 is 2.20 bits per heavy atom. The highest BCUT2D eigenvalue weighted by Gasteiger charge is 2.08. The average molecular weight is 208 g/mol. The van der Waals surface area contributed by atoms with Crippen molar-refractivity contribution in [3.05, 3.63) is 24.0 Å². The van der Waals surface area contributed by atoms with Gasteiger partial charge in [-0.1, -0.05) is 13.3 Å². The lowest BCUT2D eigenvalue weighted by Gasteiger charge is -2.12. The first-order valence-corrected chi connectivity index (χ1v) is 5.49. The van der Waals surface area contributed by atoms with Crippen LogP contribution in [0, 0.1) is 0 Å². The van der Waals surface area contributed by atoms with Crippen molar-refractivity contribution in [1.82, 2.24) is 9.47 Å². The van der Waals surface area contributed by atoms with E-state index in [1.165, 1.54) is 6.42 Å². The first kappa shape index (κ1) is 11.8. The second-order valence-corrected chi connectivity index (χ2v) is 4.01.